The van der Waals surface area contributed by atoms with E-state index in [9.17, 15) is 4.79 Å². The maximum atomic E-state index is 11.0. The molecule has 3 N–H and O–H groups in total. The Morgan fingerprint density at radius 1 is 1.33 bits per heavy atom. The SMILES string of the molecule is NC(C(=O)O)C1(C2CC3CCC2C3)CC1. The average Bonchev–Trinajstić information content (AvgIpc) is 2.74. The van der Waals surface area contributed by atoms with Crippen LogP contribution in [-0.4, -0.2) is 17.1 Å². The molecule has 0 aromatic rings. The Kier molecular flexibility index (Phi) is 1.91. The molecule has 3 saturated carbocycles. The van der Waals surface area contributed by atoms with Gasteiger partial charge < -0.3 is 10.8 Å². The number of carboxylic acids is 1. The molecule has 3 fully saturated rings. The van der Waals surface area contributed by atoms with E-state index in [1.807, 2.05) is 0 Å². The molecule has 0 saturated heterocycles. The third-order valence-electron chi connectivity index (χ3n) is 5.19. The Hall–Kier alpha value is -0.570. The second-order valence-electron chi connectivity index (χ2n) is 5.83. The van der Waals surface area contributed by atoms with Gasteiger partial charge in [-0.3, -0.25) is 4.79 Å². The highest BCUT2D eigenvalue weighted by Gasteiger charge is 2.61. The summed E-state index contributed by atoms with van der Waals surface area (Å²) in [6, 6.07) is -0.609. The molecule has 0 radical (unpaired) electrons. The maximum Gasteiger partial charge on any atom is 0.321 e. The van der Waals surface area contributed by atoms with Gasteiger partial charge in [0.2, 0.25) is 0 Å². The van der Waals surface area contributed by atoms with Crippen LogP contribution < -0.4 is 5.73 Å². The molecule has 3 nitrogen and oxygen atoms in total. The zero-order chi connectivity index (χ0) is 10.6. The van der Waals surface area contributed by atoms with Crippen LogP contribution in [0.2, 0.25) is 0 Å². The van der Waals surface area contributed by atoms with Gasteiger partial charge >= 0.3 is 5.97 Å². The largest absolute Gasteiger partial charge is 0.480 e. The summed E-state index contributed by atoms with van der Waals surface area (Å²) < 4.78 is 0. The van der Waals surface area contributed by atoms with Gasteiger partial charge in [0.05, 0.1) is 0 Å². The molecule has 4 unspecified atom stereocenters. The lowest BCUT2D eigenvalue weighted by Gasteiger charge is -2.33. The van der Waals surface area contributed by atoms with Gasteiger partial charge in [-0.2, -0.15) is 0 Å². The zero-order valence-corrected chi connectivity index (χ0v) is 8.98. The second-order valence-corrected chi connectivity index (χ2v) is 5.83. The summed E-state index contributed by atoms with van der Waals surface area (Å²) >= 11 is 0. The first-order chi connectivity index (χ1) is 7.13. The minimum absolute atomic E-state index is 0.00826. The number of carboxylic acid groups (broad SMARTS) is 1. The Labute approximate surface area is 90.0 Å². The smallest absolute Gasteiger partial charge is 0.321 e. The summed E-state index contributed by atoms with van der Waals surface area (Å²) in [5, 5.41) is 9.06. The molecule has 0 aromatic heterocycles. The van der Waals surface area contributed by atoms with Crippen molar-refractivity contribution in [1.82, 2.24) is 0 Å². The van der Waals surface area contributed by atoms with E-state index in [1.54, 1.807) is 0 Å². The van der Waals surface area contributed by atoms with Gasteiger partial charge in [-0.15, -0.1) is 0 Å². The van der Waals surface area contributed by atoms with Crippen molar-refractivity contribution in [3.8, 4) is 0 Å². The Bertz CT molecular complexity index is 298. The third-order valence-corrected chi connectivity index (χ3v) is 5.19. The van der Waals surface area contributed by atoms with Crippen molar-refractivity contribution in [3.05, 3.63) is 0 Å². The summed E-state index contributed by atoms with van der Waals surface area (Å²) in [5.41, 5.74) is 5.86. The average molecular weight is 209 g/mol. The molecule has 3 rings (SSSR count). The van der Waals surface area contributed by atoms with Crippen molar-refractivity contribution in [2.75, 3.05) is 0 Å². The minimum atomic E-state index is -0.796. The van der Waals surface area contributed by atoms with Crippen molar-refractivity contribution < 1.29 is 9.90 Å². The topological polar surface area (TPSA) is 63.3 Å². The van der Waals surface area contributed by atoms with Gasteiger partial charge in [0.1, 0.15) is 6.04 Å². The van der Waals surface area contributed by atoms with Crippen LogP contribution in [0.5, 0.6) is 0 Å². The lowest BCUT2D eigenvalue weighted by atomic mass is 9.73. The standard InChI is InChI=1S/C12H19NO2/c13-10(11(14)15)12(3-4-12)9-6-7-1-2-8(9)5-7/h7-10H,1-6,13H2,(H,14,15). The summed E-state index contributed by atoms with van der Waals surface area (Å²) in [4.78, 5) is 11.0. The Morgan fingerprint density at radius 2 is 2.07 bits per heavy atom. The highest BCUT2D eigenvalue weighted by Crippen LogP contribution is 2.65. The van der Waals surface area contributed by atoms with Gasteiger partial charge in [0.25, 0.3) is 0 Å². The van der Waals surface area contributed by atoms with Gasteiger partial charge in [0.15, 0.2) is 0 Å². The Balaban J connectivity index is 1.79. The molecule has 0 aromatic carbocycles. The molecule has 3 aliphatic rings. The molecule has 0 aliphatic heterocycles. The number of nitrogens with two attached hydrogens (primary N) is 1. The molecule has 2 bridgehead atoms. The number of hydrogen-bond acceptors (Lipinski definition) is 2. The van der Waals surface area contributed by atoms with Crippen LogP contribution in [0.3, 0.4) is 0 Å². The normalized spacial score (nSPS) is 42.9. The van der Waals surface area contributed by atoms with E-state index in [0.717, 1.165) is 24.7 Å². The molecule has 84 valence electrons. The first kappa shape index (κ1) is 9.64. The van der Waals surface area contributed by atoms with Gasteiger partial charge in [-0.05, 0) is 55.3 Å². The van der Waals surface area contributed by atoms with Crippen LogP contribution >= 0.6 is 0 Å². The monoisotopic (exact) mass is 209 g/mol. The minimum Gasteiger partial charge on any atom is -0.480 e. The zero-order valence-electron chi connectivity index (χ0n) is 8.98. The van der Waals surface area contributed by atoms with E-state index < -0.39 is 12.0 Å². The predicted octanol–water partition coefficient (Wildman–Crippen LogP) is 1.61. The number of aliphatic carboxylic acids is 1. The van der Waals surface area contributed by atoms with Crippen molar-refractivity contribution in [2.45, 2.75) is 44.6 Å². The quantitative estimate of drug-likeness (QED) is 0.742. The highest BCUT2D eigenvalue weighted by atomic mass is 16.4. The number of rotatable bonds is 3. The highest BCUT2D eigenvalue weighted by molar-refractivity contribution is 5.75. The number of fused-ring (bicyclic) bond motifs is 2. The van der Waals surface area contributed by atoms with Crippen molar-refractivity contribution in [1.29, 1.82) is 0 Å². The lowest BCUT2D eigenvalue weighted by Crippen LogP contribution is -2.44. The third kappa shape index (κ3) is 1.25. The van der Waals surface area contributed by atoms with Crippen LogP contribution in [0.25, 0.3) is 0 Å². The molecular weight excluding hydrogens is 190 g/mol. The lowest BCUT2D eigenvalue weighted by molar-refractivity contribution is -0.141. The Morgan fingerprint density at radius 3 is 2.47 bits per heavy atom. The fourth-order valence-corrected chi connectivity index (χ4v) is 4.25. The second kappa shape index (κ2) is 2.97. The molecule has 3 heteroatoms. The maximum absolute atomic E-state index is 11.0. The first-order valence-corrected chi connectivity index (χ1v) is 6.12. The molecule has 0 amide bonds. The summed E-state index contributed by atoms with van der Waals surface area (Å²) in [5.74, 6) is 1.51. The van der Waals surface area contributed by atoms with Crippen LogP contribution in [0, 0.1) is 23.2 Å². The first-order valence-electron chi connectivity index (χ1n) is 6.12. The molecule has 0 heterocycles. The molecule has 15 heavy (non-hydrogen) atoms. The van der Waals surface area contributed by atoms with Gasteiger partial charge in [0, 0.05) is 0 Å². The van der Waals surface area contributed by atoms with E-state index in [1.165, 1.54) is 25.7 Å². The molecule has 0 spiro atoms. The fraction of sp³-hybridized carbons (Fsp3) is 0.917. The van der Waals surface area contributed by atoms with E-state index >= 15 is 0 Å². The molecular formula is C12H19NO2. The van der Waals surface area contributed by atoms with Crippen LogP contribution in [0.1, 0.15) is 38.5 Å². The molecule has 4 atom stereocenters. The predicted molar refractivity (Wildman–Crippen MR) is 56.2 cm³/mol. The fourth-order valence-electron chi connectivity index (χ4n) is 4.25. The van der Waals surface area contributed by atoms with E-state index in [4.69, 9.17) is 10.8 Å². The van der Waals surface area contributed by atoms with Crippen molar-refractivity contribution in [2.24, 2.45) is 28.9 Å². The number of carbonyl (C=O) groups is 1. The summed E-state index contributed by atoms with van der Waals surface area (Å²) in [6.07, 6.45) is 7.40. The number of hydrogen-bond donors (Lipinski definition) is 2. The van der Waals surface area contributed by atoms with E-state index in [2.05, 4.69) is 0 Å². The summed E-state index contributed by atoms with van der Waals surface area (Å²) in [7, 11) is 0. The van der Waals surface area contributed by atoms with Crippen molar-refractivity contribution >= 4 is 5.97 Å². The van der Waals surface area contributed by atoms with Crippen LogP contribution in [0.4, 0.5) is 0 Å². The van der Waals surface area contributed by atoms with E-state index in [0.29, 0.717) is 5.92 Å². The van der Waals surface area contributed by atoms with Crippen LogP contribution in [-0.2, 0) is 4.79 Å². The van der Waals surface area contributed by atoms with Gasteiger partial charge in [-0.25, -0.2) is 0 Å². The van der Waals surface area contributed by atoms with Crippen molar-refractivity contribution in [3.63, 3.8) is 0 Å². The van der Waals surface area contributed by atoms with Gasteiger partial charge in [-0.1, -0.05) is 6.42 Å². The van der Waals surface area contributed by atoms with E-state index in [-0.39, 0.29) is 5.41 Å². The summed E-state index contributed by atoms with van der Waals surface area (Å²) in [6.45, 7) is 0. The van der Waals surface area contributed by atoms with Crippen LogP contribution in [0.15, 0.2) is 0 Å². The molecule has 3 aliphatic carbocycles.